The minimum Gasteiger partial charge on any atom is -0.476 e. The number of rotatable bonds is 4. The molecule has 0 saturated heterocycles. The zero-order valence-electron chi connectivity index (χ0n) is 10.8. The third-order valence-corrected chi connectivity index (χ3v) is 2.96. The highest BCUT2D eigenvalue weighted by molar-refractivity contribution is 5.92. The highest BCUT2D eigenvalue weighted by Gasteiger charge is 2.25. The maximum atomic E-state index is 11.2. The van der Waals surface area contributed by atoms with Crippen LogP contribution in [0.1, 0.15) is 30.4 Å². The Kier molecular flexibility index (Phi) is 3.34. The maximum Gasteiger partial charge on any atom is 0.358 e. The second-order valence-corrected chi connectivity index (χ2v) is 4.42. The summed E-state index contributed by atoms with van der Waals surface area (Å²) in [6.45, 7) is 3.35. The first kappa shape index (κ1) is 13.2. The first-order valence-electron chi connectivity index (χ1n) is 5.77. The molecule has 2 unspecified atom stereocenters. The Balaban J connectivity index is 2.60. The summed E-state index contributed by atoms with van der Waals surface area (Å²) in [4.78, 5) is 11.2. The van der Waals surface area contributed by atoms with E-state index in [-0.39, 0.29) is 5.69 Å². The molecule has 2 atom stereocenters. The summed E-state index contributed by atoms with van der Waals surface area (Å²) in [6, 6.07) is -0.393. The molecule has 2 aromatic heterocycles. The van der Waals surface area contributed by atoms with Crippen LogP contribution in [0.4, 0.5) is 0 Å². The number of hydrogen-bond donors (Lipinski definition) is 2. The molecule has 2 rings (SSSR count). The number of nitrogens with zero attached hydrogens (tertiary/aromatic N) is 5. The number of hydrogen-bond acceptors (Lipinski definition) is 5. The van der Waals surface area contributed by atoms with Gasteiger partial charge in [0.05, 0.1) is 18.3 Å². The molecular formula is C11H15N5O3. The molecule has 0 aliphatic carbocycles. The predicted molar refractivity (Wildman–Crippen MR) is 65.6 cm³/mol. The van der Waals surface area contributed by atoms with E-state index in [1.54, 1.807) is 31.8 Å². The van der Waals surface area contributed by atoms with Crippen LogP contribution in [0, 0.1) is 0 Å². The fourth-order valence-corrected chi connectivity index (χ4v) is 1.74. The lowest BCUT2D eigenvalue weighted by Gasteiger charge is -2.16. The van der Waals surface area contributed by atoms with Gasteiger partial charge in [0.2, 0.25) is 0 Å². The Labute approximate surface area is 109 Å². The van der Waals surface area contributed by atoms with Crippen LogP contribution in [0.5, 0.6) is 0 Å². The Morgan fingerprint density at radius 3 is 2.58 bits per heavy atom. The summed E-state index contributed by atoms with van der Waals surface area (Å²) >= 11 is 0. The van der Waals surface area contributed by atoms with Crippen molar-refractivity contribution in [1.29, 1.82) is 0 Å². The molecule has 2 aromatic rings. The van der Waals surface area contributed by atoms with Gasteiger partial charge in [0.15, 0.2) is 5.69 Å². The Hall–Kier alpha value is -2.22. The molecule has 8 nitrogen and oxygen atoms in total. The van der Waals surface area contributed by atoms with Crippen molar-refractivity contribution in [3.05, 3.63) is 18.1 Å². The Morgan fingerprint density at radius 1 is 1.42 bits per heavy atom. The van der Waals surface area contributed by atoms with Gasteiger partial charge in [-0.1, -0.05) is 5.21 Å². The second kappa shape index (κ2) is 4.81. The minimum atomic E-state index is -1.16. The van der Waals surface area contributed by atoms with Crippen LogP contribution in [-0.2, 0) is 7.05 Å². The normalized spacial score (nSPS) is 14.3. The van der Waals surface area contributed by atoms with Crippen molar-refractivity contribution in [3.8, 4) is 11.3 Å². The first-order valence-corrected chi connectivity index (χ1v) is 5.77. The quantitative estimate of drug-likeness (QED) is 0.824. The van der Waals surface area contributed by atoms with E-state index in [9.17, 15) is 9.90 Å². The zero-order chi connectivity index (χ0) is 14.2. The van der Waals surface area contributed by atoms with E-state index in [1.807, 2.05) is 0 Å². The number of carboxylic acid groups (broad SMARTS) is 1. The molecule has 0 amide bonds. The number of aliphatic hydroxyl groups excluding tert-OH is 1. The SMILES string of the molecule is CC(O)C(C)n1nnc(C(=O)O)c1-c1cnn(C)c1. The molecule has 2 N–H and O–H groups in total. The number of aryl methyl sites for hydroxylation is 1. The standard InChI is InChI=1S/C11H15N5O3/c1-6(7(2)17)16-10(8-4-12-15(3)5-8)9(11(18)19)13-14-16/h4-7,17H,1-3H3,(H,18,19). The molecule has 0 radical (unpaired) electrons. The van der Waals surface area contributed by atoms with Crippen LogP contribution < -0.4 is 0 Å². The summed E-state index contributed by atoms with van der Waals surface area (Å²) in [5.74, 6) is -1.16. The highest BCUT2D eigenvalue weighted by Crippen LogP contribution is 2.25. The molecule has 2 heterocycles. The number of carbonyl (C=O) groups is 1. The Bertz CT molecular complexity index is 601. The van der Waals surface area contributed by atoms with E-state index < -0.39 is 18.1 Å². The lowest BCUT2D eigenvalue weighted by atomic mass is 10.1. The van der Waals surface area contributed by atoms with E-state index in [0.717, 1.165) is 0 Å². The summed E-state index contributed by atoms with van der Waals surface area (Å²) in [7, 11) is 1.73. The molecule has 0 aliphatic heterocycles. The average Bonchev–Trinajstić information content (AvgIpc) is 2.92. The topological polar surface area (TPSA) is 106 Å². The molecule has 0 aromatic carbocycles. The van der Waals surface area contributed by atoms with E-state index in [1.165, 1.54) is 10.9 Å². The third kappa shape index (κ3) is 2.34. The van der Waals surface area contributed by atoms with Gasteiger partial charge in [-0.2, -0.15) is 5.10 Å². The van der Waals surface area contributed by atoms with Gasteiger partial charge in [-0.15, -0.1) is 5.10 Å². The van der Waals surface area contributed by atoms with Crippen LogP contribution >= 0.6 is 0 Å². The van der Waals surface area contributed by atoms with Gasteiger partial charge in [-0.25, -0.2) is 9.48 Å². The molecule has 0 saturated carbocycles. The molecular weight excluding hydrogens is 250 g/mol. The van der Waals surface area contributed by atoms with Crippen molar-refractivity contribution in [2.75, 3.05) is 0 Å². The Morgan fingerprint density at radius 2 is 2.11 bits per heavy atom. The van der Waals surface area contributed by atoms with Crippen LogP contribution in [0.2, 0.25) is 0 Å². The van der Waals surface area contributed by atoms with Gasteiger partial charge in [0, 0.05) is 18.8 Å². The molecule has 0 spiro atoms. The van der Waals surface area contributed by atoms with E-state index in [2.05, 4.69) is 15.4 Å². The van der Waals surface area contributed by atoms with Crippen molar-refractivity contribution in [3.63, 3.8) is 0 Å². The lowest BCUT2D eigenvalue weighted by molar-refractivity contribution is 0.0691. The van der Waals surface area contributed by atoms with Gasteiger partial charge in [-0.3, -0.25) is 4.68 Å². The monoisotopic (exact) mass is 265 g/mol. The fraction of sp³-hybridized carbons (Fsp3) is 0.455. The van der Waals surface area contributed by atoms with Crippen molar-refractivity contribution in [2.24, 2.45) is 7.05 Å². The highest BCUT2D eigenvalue weighted by atomic mass is 16.4. The summed E-state index contributed by atoms with van der Waals surface area (Å²) in [6.07, 6.45) is 2.53. The third-order valence-electron chi connectivity index (χ3n) is 2.96. The van der Waals surface area contributed by atoms with Crippen molar-refractivity contribution in [2.45, 2.75) is 26.0 Å². The van der Waals surface area contributed by atoms with Gasteiger partial charge in [0.1, 0.15) is 5.69 Å². The zero-order valence-corrected chi connectivity index (χ0v) is 10.8. The minimum absolute atomic E-state index is 0.152. The van der Waals surface area contributed by atoms with Crippen molar-refractivity contribution in [1.82, 2.24) is 24.8 Å². The fourth-order valence-electron chi connectivity index (χ4n) is 1.74. The summed E-state index contributed by atoms with van der Waals surface area (Å²) in [5, 5.41) is 30.3. The molecule has 0 aliphatic rings. The average molecular weight is 265 g/mol. The molecule has 0 bridgehead atoms. The van der Waals surface area contributed by atoms with Gasteiger partial charge >= 0.3 is 5.97 Å². The van der Waals surface area contributed by atoms with E-state index in [4.69, 9.17) is 5.11 Å². The van der Waals surface area contributed by atoms with Gasteiger partial charge in [-0.05, 0) is 13.8 Å². The van der Waals surface area contributed by atoms with Crippen LogP contribution in [-0.4, -0.2) is 47.1 Å². The maximum absolute atomic E-state index is 11.2. The van der Waals surface area contributed by atoms with E-state index in [0.29, 0.717) is 11.3 Å². The smallest absolute Gasteiger partial charge is 0.358 e. The first-order chi connectivity index (χ1) is 8.91. The summed E-state index contributed by atoms with van der Waals surface area (Å²) in [5.41, 5.74) is 0.784. The van der Waals surface area contributed by atoms with Gasteiger partial charge in [0.25, 0.3) is 0 Å². The molecule has 8 heteroatoms. The number of aromatic nitrogens is 5. The van der Waals surface area contributed by atoms with Crippen LogP contribution in [0.25, 0.3) is 11.3 Å². The number of aliphatic hydroxyl groups is 1. The van der Waals surface area contributed by atoms with Crippen LogP contribution in [0.15, 0.2) is 12.4 Å². The summed E-state index contributed by atoms with van der Waals surface area (Å²) < 4.78 is 2.97. The number of aromatic carboxylic acids is 1. The predicted octanol–water partition coefficient (Wildman–Crippen LogP) is 0.319. The van der Waals surface area contributed by atoms with Crippen molar-refractivity contribution < 1.29 is 15.0 Å². The van der Waals surface area contributed by atoms with E-state index >= 15 is 0 Å². The van der Waals surface area contributed by atoms with Crippen LogP contribution in [0.3, 0.4) is 0 Å². The largest absolute Gasteiger partial charge is 0.476 e. The molecule has 19 heavy (non-hydrogen) atoms. The second-order valence-electron chi connectivity index (χ2n) is 4.42. The van der Waals surface area contributed by atoms with Crippen molar-refractivity contribution >= 4 is 5.97 Å². The lowest BCUT2D eigenvalue weighted by Crippen LogP contribution is -2.20. The molecule has 0 fully saturated rings. The number of carboxylic acids is 1. The van der Waals surface area contributed by atoms with Gasteiger partial charge < -0.3 is 10.2 Å². The molecule has 102 valence electrons.